The molecule has 3 aromatic rings. The Hall–Kier alpha value is -3.75. The first-order valence-corrected chi connectivity index (χ1v) is 8.61. The molecule has 28 heavy (non-hydrogen) atoms. The van der Waals surface area contributed by atoms with Crippen LogP contribution in [0, 0.1) is 17.0 Å². The van der Waals surface area contributed by atoms with Crippen LogP contribution in [0.3, 0.4) is 0 Å². The van der Waals surface area contributed by atoms with E-state index in [4.69, 9.17) is 4.42 Å². The lowest BCUT2D eigenvalue weighted by molar-refractivity contribution is -0.384. The highest BCUT2D eigenvalue weighted by molar-refractivity contribution is 5.91. The second kappa shape index (κ2) is 8.30. The third-order valence-corrected chi connectivity index (χ3v) is 4.11. The number of carbonyl (C=O) groups is 1. The number of non-ortho nitro benzene ring substituents is 1. The summed E-state index contributed by atoms with van der Waals surface area (Å²) in [5, 5.41) is 17.7. The molecule has 0 bridgehead atoms. The number of nitrogens with one attached hydrogen (secondary N) is 1. The van der Waals surface area contributed by atoms with Crippen molar-refractivity contribution < 1.29 is 14.1 Å². The number of nitro benzene ring substituents is 1. The molecule has 0 atom stereocenters. The van der Waals surface area contributed by atoms with Crippen molar-refractivity contribution in [2.24, 2.45) is 0 Å². The van der Waals surface area contributed by atoms with Crippen LogP contribution in [0.2, 0.25) is 0 Å². The predicted molar refractivity (Wildman–Crippen MR) is 102 cm³/mol. The Balaban J connectivity index is 1.58. The fourth-order valence-corrected chi connectivity index (χ4v) is 2.67. The van der Waals surface area contributed by atoms with Gasteiger partial charge in [-0.2, -0.15) is 5.10 Å². The molecule has 0 saturated carbocycles. The Labute approximate surface area is 159 Å². The van der Waals surface area contributed by atoms with Gasteiger partial charge in [-0.1, -0.05) is 0 Å². The van der Waals surface area contributed by atoms with Gasteiger partial charge in [-0.05, 0) is 43.2 Å². The number of carbonyl (C=O) groups excluding carboxylic acids is 1. The summed E-state index contributed by atoms with van der Waals surface area (Å²) in [7, 11) is 0. The standard InChI is InChI=1S/C19H18N4O5/c1-13-12-14(23(26)27)6-7-15(13)20-18(24)5-2-10-22-19(25)9-8-16(21-22)17-4-3-11-28-17/h3-4,6-9,11-12H,2,5,10H2,1H3,(H,20,24). The molecule has 0 spiro atoms. The lowest BCUT2D eigenvalue weighted by Gasteiger charge is -2.09. The fraction of sp³-hybridized carbons (Fsp3) is 0.211. The molecule has 0 aliphatic carbocycles. The van der Waals surface area contributed by atoms with Gasteiger partial charge in [0.05, 0.1) is 11.2 Å². The molecule has 0 fully saturated rings. The maximum atomic E-state index is 12.1. The van der Waals surface area contributed by atoms with Crippen LogP contribution in [0.4, 0.5) is 11.4 Å². The van der Waals surface area contributed by atoms with E-state index in [1.165, 1.54) is 35.2 Å². The van der Waals surface area contributed by atoms with Crippen LogP contribution in [0.1, 0.15) is 18.4 Å². The normalized spacial score (nSPS) is 10.6. The zero-order valence-electron chi connectivity index (χ0n) is 15.1. The number of anilines is 1. The van der Waals surface area contributed by atoms with Crippen molar-refractivity contribution >= 4 is 17.3 Å². The van der Waals surface area contributed by atoms with Crippen LogP contribution in [0.5, 0.6) is 0 Å². The molecule has 0 aliphatic heterocycles. The molecular weight excluding hydrogens is 364 g/mol. The number of hydrogen-bond acceptors (Lipinski definition) is 6. The maximum Gasteiger partial charge on any atom is 0.269 e. The molecule has 144 valence electrons. The van der Waals surface area contributed by atoms with Crippen molar-refractivity contribution in [3.63, 3.8) is 0 Å². The Kier molecular flexibility index (Phi) is 5.64. The minimum Gasteiger partial charge on any atom is -0.463 e. The van der Waals surface area contributed by atoms with Crippen molar-refractivity contribution in [3.05, 3.63) is 74.8 Å². The topological polar surface area (TPSA) is 120 Å². The van der Waals surface area contributed by atoms with Gasteiger partial charge in [-0.3, -0.25) is 19.7 Å². The monoisotopic (exact) mass is 382 g/mol. The number of benzene rings is 1. The number of furan rings is 1. The van der Waals surface area contributed by atoms with Crippen LogP contribution >= 0.6 is 0 Å². The number of nitro groups is 1. The highest BCUT2D eigenvalue weighted by Gasteiger charge is 2.11. The van der Waals surface area contributed by atoms with Crippen molar-refractivity contribution in [1.82, 2.24) is 9.78 Å². The molecule has 2 heterocycles. The predicted octanol–water partition coefficient (Wildman–Crippen LogP) is 3.14. The summed E-state index contributed by atoms with van der Waals surface area (Å²) in [4.78, 5) is 34.4. The molecule has 9 nitrogen and oxygen atoms in total. The fourth-order valence-electron chi connectivity index (χ4n) is 2.67. The van der Waals surface area contributed by atoms with Gasteiger partial charge < -0.3 is 9.73 Å². The summed E-state index contributed by atoms with van der Waals surface area (Å²) in [6, 6.07) is 10.7. The minimum atomic E-state index is -0.486. The van der Waals surface area contributed by atoms with Gasteiger partial charge in [0.15, 0.2) is 5.76 Å². The first kappa shape index (κ1) is 19.0. The zero-order valence-corrected chi connectivity index (χ0v) is 15.1. The molecule has 0 unspecified atom stereocenters. The van der Waals surface area contributed by atoms with Crippen LogP contribution in [0.15, 0.2) is 57.9 Å². The van der Waals surface area contributed by atoms with E-state index < -0.39 is 4.92 Å². The summed E-state index contributed by atoms with van der Waals surface area (Å²) in [5.41, 5.74) is 1.37. The quantitative estimate of drug-likeness (QED) is 0.495. The summed E-state index contributed by atoms with van der Waals surface area (Å²) in [5.74, 6) is 0.312. The van der Waals surface area contributed by atoms with E-state index in [0.717, 1.165) is 0 Å². The Morgan fingerprint density at radius 3 is 2.79 bits per heavy atom. The third-order valence-electron chi connectivity index (χ3n) is 4.11. The van der Waals surface area contributed by atoms with Crippen molar-refractivity contribution in [3.8, 4) is 11.5 Å². The zero-order chi connectivity index (χ0) is 20.1. The lowest BCUT2D eigenvalue weighted by Crippen LogP contribution is -2.23. The first-order valence-electron chi connectivity index (χ1n) is 8.61. The number of aromatic nitrogens is 2. The molecular formula is C19H18N4O5. The van der Waals surface area contributed by atoms with Crippen molar-refractivity contribution in [2.75, 3.05) is 5.32 Å². The van der Waals surface area contributed by atoms with E-state index in [1.54, 1.807) is 25.1 Å². The maximum absolute atomic E-state index is 12.1. The molecule has 0 saturated heterocycles. The highest BCUT2D eigenvalue weighted by atomic mass is 16.6. The Bertz CT molecular complexity index is 1060. The number of aryl methyl sites for hydroxylation is 2. The highest BCUT2D eigenvalue weighted by Crippen LogP contribution is 2.21. The van der Waals surface area contributed by atoms with Gasteiger partial charge in [0.2, 0.25) is 5.91 Å². The number of nitrogens with zero attached hydrogens (tertiary/aromatic N) is 3. The van der Waals surface area contributed by atoms with Crippen molar-refractivity contribution in [2.45, 2.75) is 26.3 Å². The van der Waals surface area contributed by atoms with E-state index in [-0.39, 0.29) is 30.1 Å². The average Bonchev–Trinajstić information content (AvgIpc) is 3.19. The summed E-state index contributed by atoms with van der Waals surface area (Å²) < 4.78 is 6.57. The summed E-state index contributed by atoms with van der Waals surface area (Å²) in [6.07, 6.45) is 2.11. The van der Waals surface area contributed by atoms with E-state index in [1.807, 2.05) is 0 Å². The average molecular weight is 382 g/mol. The van der Waals surface area contributed by atoms with Crippen molar-refractivity contribution in [1.29, 1.82) is 0 Å². The molecule has 1 N–H and O–H groups in total. The Morgan fingerprint density at radius 1 is 1.29 bits per heavy atom. The van der Waals surface area contributed by atoms with E-state index >= 15 is 0 Å². The van der Waals surface area contributed by atoms with E-state index in [9.17, 15) is 19.7 Å². The summed E-state index contributed by atoms with van der Waals surface area (Å²) in [6.45, 7) is 1.96. The van der Waals surface area contributed by atoms with Crippen LogP contribution in [-0.2, 0) is 11.3 Å². The van der Waals surface area contributed by atoms with E-state index in [2.05, 4.69) is 10.4 Å². The summed E-state index contributed by atoms with van der Waals surface area (Å²) >= 11 is 0. The molecule has 2 aromatic heterocycles. The minimum absolute atomic E-state index is 0.0302. The second-order valence-electron chi connectivity index (χ2n) is 6.17. The van der Waals surface area contributed by atoms with E-state index in [0.29, 0.717) is 29.1 Å². The molecule has 3 rings (SSSR count). The first-order chi connectivity index (χ1) is 13.4. The van der Waals surface area contributed by atoms with Gasteiger partial charge in [-0.15, -0.1) is 0 Å². The number of hydrogen-bond donors (Lipinski definition) is 1. The smallest absolute Gasteiger partial charge is 0.269 e. The lowest BCUT2D eigenvalue weighted by atomic mass is 10.1. The number of amides is 1. The largest absolute Gasteiger partial charge is 0.463 e. The second-order valence-corrected chi connectivity index (χ2v) is 6.17. The molecule has 9 heteroatoms. The molecule has 1 amide bonds. The van der Waals surface area contributed by atoms with Gasteiger partial charge in [0, 0.05) is 36.9 Å². The van der Waals surface area contributed by atoms with Gasteiger partial charge >= 0.3 is 0 Å². The van der Waals surface area contributed by atoms with Crippen LogP contribution in [0.25, 0.3) is 11.5 Å². The van der Waals surface area contributed by atoms with Gasteiger partial charge in [0.25, 0.3) is 11.2 Å². The van der Waals surface area contributed by atoms with Gasteiger partial charge in [-0.25, -0.2) is 4.68 Å². The molecule has 0 radical (unpaired) electrons. The molecule has 0 aliphatic rings. The number of rotatable bonds is 7. The Morgan fingerprint density at radius 2 is 2.11 bits per heavy atom. The third kappa shape index (κ3) is 4.50. The SMILES string of the molecule is Cc1cc([N+](=O)[O-])ccc1NC(=O)CCCn1nc(-c2ccco2)ccc1=O. The van der Waals surface area contributed by atoms with Gasteiger partial charge in [0.1, 0.15) is 5.69 Å². The van der Waals surface area contributed by atoms with Crippen LogP contribution < -0.4 is 10.9 Å². The molecule has 1 aromatic carbocycles. The van der Waals surface area contributed by atoms with Crippen LogP contribution in [-0.4, -0.2) is 20.6 Å².